The normalized spacial score (nSPS) is 33.0. The zero-order valence-corrected chi connectivity index (χ0v) is 8.70. The molecule has 1 unspecified atom stereocenters. The highest BCUT2D eigenvalue weighted by molar-refractivity contribution is 5.02. The van der Waals surface area contributed by atoms with Crippen LogP contribution in [0.25, 0.3) is 0 Å². The second kappa shape index (κ2) is 2.50. The molecule has 0 aliphatic heterocycles. The van der Waals surface area contributed by atoms with Gasteiger partial charge in [-0.25, -0.2) is 0 Å². The van der Waals surface area contributed by atoms with Crippen molar-refractivity contribution in [3.05, 3.63) is 0 Å². The van der Waals surface area contributed by atoms with E-state index in [9.17, 15) is 0 Å². The Morgan fingerprint density at radius 1 is 1.18 bits per heavy atom. The molecule has 0 bridgehead atoms. The molecule has 0 radical (unpaired) electrons. The monoisotopic (exact) mass is 154 g/mol. The van der Waals surface area contributed by atoms with Crippen LogP contribution in [0.5, 0.6) is 0 Å². The number of hydrogen-bond acceptors (Lipinski definition) is 0. The van der Waals surface area contributed by atoms with Gasteiger partial charge >= 0.3 is 0 Å². The summed E-state index contributed by atoms with van der Waals surface area (Å²) in [4.78, 5) is 0. The average molecular weight is 154 g/mol. The minimum Gasteiger partial charge on any atom is -0.0654 e. The molecule has 1 rings (SSSR count). The predicted octanol–water partition coefficient (Wildman–Crippen LogP) is 3.86. The lowest BCUT2D eigenvalue weighted by molar-refractivity contribution is -0.0973. The van der Waals surface area contributed by atoms with E-state index < -0.39 is 0 Å². The Bertz CT molecular complexity index is 142. The minimum absolute atomic E-state index is 0.586. The lowest BCUT2D eigenvalue weighted by Gasteiger charge is -2.59. The topological polar surface area (TPSA) is 0 Å². The summed E-state index contributed by atoms with van der Waals surface area (Å²) >= 11 is 0. The molecule has 0 amide bonds. The first-order valence-electron chi connectivity index (χ1n) is 4.92. The van der Waals surface area contributed by atoms with Gasteiger partial charge in [-0.05, 0) is 23.2 Å². The highest BCUT2D eigenvalue weighted by atomic mass is 14.6. The summed E-state index contributed by atoms with van der Waals surface area (Å²) in [6.45, 7) is 12.0. The van der Waals surface area contributed by atoms with Gasteiger partial charge in [0.15, 0.2) is 0 Å². The molecule has 0 aromatic rings. The molecule has 1 fully saturated rings. The summed E-state index contributed by atoms with van der Waals surface area (Å²) in [5.41, 5.74) is 1.18. The SMILES string of the molecule is CCCC1CC(C)(C)C1(C)C. The van der Waals surface area contributed by atoms with E-state index in [0.29, 0.717) is 10.8 Å². The third kappa shape index (κ3) is 1.21. The van der Waals surface area contributed by atoms with Gasteiger partial charge in [-0.15, -0.1) is 0 Å². The van der Waals surface area contributed by atoms with Gasteiger partial charge in [0.2, 0.25) is 0 Å². The van der Waals surface area contributed by atoms with Gasteiger partial charge in [0.25, 0.3) is 0 Å². The average Bonchev–Trinajstić information content (AvgIpc) is 1.87. The molecule has 1 aliphatic carbocycles. The Kier molecular flexibility index (Phi) is 2.07. The second-order valence-electron chi connectivity index (χ2n) is 5.30. The molecule has 0 aromatic carbocycles. The van der Waals surface area contributed by atoms with E-state index in [1.807, 2.05) is 0 Å². The molecular weight excluding hydrogens is 132 g/mol. The Morgan fingerprint density at radius 3 is 2.00 bits per heavy atom. The van der Waals surface area contributed by atoms with E-state index in [4.69, 9.17) is 0 Å². The van der Waals surface area contributed by atoms with E-state index >= 15 is 0 Å². The van der Waals surface area contributed by atoms with Crippen LogP contribution in [0.2, 0.25) is 0 Å². The van der Waals surface area contributed by atoms with Gasteiger partial charge < -0.3 is 0 Å². The number of hydrogen-bond donors (Lipinski definition) is 0. The fourth-order valence-electron chi connectivity index (χ4n) is 2.37. The summed E-state index contributed by atoms with van der Waals surface area (Å²) in [6.07, 6.45) is 4.22. The lowest BCUT2D eigenvalue weighted by atomic mass is 9.46. The third-order valence-corrected chi connectivity index (χ3v) is 4.16. The van der Waals surface area contributed by atoms with Crippen molar-refractivity contribution in [3.8, 4) is 0 Å². The van der Waals surface area contributed by atoms with Gasteiger partial charge in [-0.1, -0.05) is 47.5 Å². The van der Waals surface area contributed by atoms with Crippen molar-refractivity contribution < 1.29 is 0 Å². The van der Waals surface area contributed by atoms with Crippen molar-refractivity contribution in [3.63, 3.8) is 0 Å². The lowest BCUT2D eigenvalue weighted by Crippen LogP contribution is -2.51. The largest absolute Gasteiger partial charge is 0.0654 e. The van der Waals surface area contributed by atoms with Crippen molar-refractivity contribution in [2.24, 2.45) is 16.7 Å². The zero-order chi connectivity index (χ0) is 8.70. The molecule has 0 spiro atoms. The van der Waals surface area contributed by atoms with E-state index in [0.717, 1.165) is 5.92 Å². The van der Waals surface area contributed by atoms with Crippen LogP contribution in [0.3, 0.4) is 0 Å². The molecule has 0 heteroatoms. The fraction of sp³-hybridized carbons (Fsp3) is 1.00. The minimum atomic E-state index is 0.586. The van der Waals surface area contributed by atoms with Crippen molar-refractivity contribution in [1.82, 2.24) is 0 Å². The Hall–Kier alpha value is 0. The van der Waals surface area contributed by atoms with E-state index in [2.05, 4.69) is 34.6 Å². The Labute approximate surface area is 71.4 Å². The standard InChI is InChI=1S/C11H22/c1-6-7-9-8-10(2,3)11(9,4)5/h9H,6-8H2,1-5H3. The molecule has 66 valence electrons. The van der Waals surface area contributed by atoms with E-state index in [-0.39, 0.29) is 0 Å². The van der Waals surface area contributed by atoms with Crippen molar-refractivity contribution >= 4 is 0 Å². The highest BCUT2D eigenvalue weighted by Gasteiger charge is 2.52. The molecule has 1 aliphatic rings. The van der Waals surface area contributed by atoms with Crippen LogP contribution in [0, 0.1) is 16.7 Å². The first-order chi connectivity index (χ1) is 4.92. The van der Waals surface area contributed by atoms with Gasteiger partial charge in [0.1, 0.15) is 0 Å². The molecule has 1 atom stereocenters. The van der Waals surface area contributed by atoms with Crippen LogP contribution in [0.1, 0.15) is 53.9 Å². The Balaban J connectivity index is 2.54. The Morgan fingerprint density at radius 2 is 1.73 bits per heavy atom. The second-order valence-corrected chi connectivity index (χ2v) is 5.30. The summed E-state index contributed by atoms with van der Waals surface area (Å²) in [7, 11) is 0. The van der Waals surface area contributed by atoms with Gasteiger partial charge in [-0.3, -0.25) is 0 Å². The van der Waals surface area contributed by atoms with Gasteiger partial charge in [0, 0.05) is 0 Å². The molecule has 0 heterocycles. The summed E-state index contributed by atoms with van der Waals surface area (Å²) in [5, 5.41) is 0. The smallest absolute Gasteiger partial charge is 0.0274 e. The highest BCUT2D eigenvalue weighted by Crippen LogP contribution is 2.61. The van der Waals surface area contributed by atoms with Crippen LogP contribution in [-0.2, 0) is 0 Å². The summed E-state index contributed by atoms with van der Waals surface area (Å²) in [5.74, 6) is 0.988. The molecule has 1 saturated carbocycles. The fourth-order valence-corrected chi connectivity index (χ4v) is 2.37. The van der Waals surface area contributed by atoms with Crippen LogP contribution in [-0.4, -0.2) is 0 Å². The van der Waals surface area contributed by atoms with E-state index in [1.165, 1.54) is 19.3 Å². The first kappa shape index (κ1) is 9.09. The van der Waals surface area contributed by atoms with Crippen molar-refractivity contribution in [1.29, 1.82) is 0 Å². The molecule has 11 heavy (non-hydrogen) atoms. The maximum absolute atomic E-state index is 2.43. The summed E-state index contributed by atoms with van der Waals surface area (Å²) in [6, 6.07) is 0. The molecule has 0 aromatic heterocycles. The van der Waals surface area contributed by atoms with Crippen LogP contribution < -0.4 is 0 Å². The van der Waals surface area contributed by atoms with Crippen LogP contribution >= 0.6 is 0 Å². The predicted molar refractivity (Wildman–Crippen MR) is 50.6 cm³/mol. The van der Waals surface area contributed by atoms with Crippen LogP contribution in [0.15, 0.2) is 0 Å². The van der Waals surface area contributed by atoms with Crippen LogP contribution in [0.4, 0.5) is 0 Å². The third-order valence-electron chi connectivity index (χ3n) is 4.16. The number of rotatable bonds is 2. The van der Waals surface area contributed by atoms with Gasteiger partial charge in [-0.2, -0.15) is 0 Å². The first-order valence-corrected chi connectivity index (χ1v) is 4.92. The van der Waals surface area contributed by atoms with E-state index in [1.54, 1.807) is 0 Å². The molecular formula is C11H22. The van der Waals surface area contributed by atoms with Crippen molar-refractivity contribution in [2.75, 3.05) is 0 Å². The van der Waals surface area contributed by atoms with Crippen molar-refractivity contribution in [2.45, 2.75) is 53.9 Å². The molecule has 0 nitrogen and oxygen atoms in total. The summed E-state index contributed by atoms with van der Waals surface area (Å²) < 4.78 is 0. The zero-order valence-electron chi connectivity index (χ0n) is 8.70. The maximum atomic E-state index is 2.43. The maximum Gasteiger partial charge on any atom is -0.0274 e. The molecule has 0 saturated heterocycles. The molecule has 0 N–H and O–H groups in total. The quantitative estimate of drug-likeness (QED) is 0.566. The van der Waals surface area contributed by atoms with Gasteiger partial charge in [0.05, 0.1) is 0 Å².